The van der Waals surface area contributed by atoms with Crippen LogP contribution in [0.2, 0.25) is 0 Å². The van der Waals surface area contributed by atoms with Gasteiger partial charge in [-0.25, -0.2) is 0 Å². The maximum atomic E-state index is 11.6. The van der Waals surface area contributed by atoms with Crippen LogP contribution in [0.15, 0.2) is 36.4 Å². The van der Waals surface area contributed by atoms with E-state index in [1.165, 1.54) is 19.2 Å². The molecule has 9 nitrogen and oxygen atoms in total. The third kappa shape index (κ3) is 7.47. The van der Waals surface area contributed by atoms with Gasteiger partial charge in [0.25, 0.3) is 5.69 Å². The molecule has 0 bridgehead atoms. The smallest absolute Gasteiger partial charge is 0.269 e. The van der Waals surface area contributed by atoms with Crippen molar-refractivity contribution in [2.45, 2.75) is 25.4 Å². The molecule has 2 aromatic rings. The molecule has 2 aromatic carbocycles. The summed E-state index contributed by atoms with van der Waals surface area (Å²) in [6.45, 7) is 2.14. The van der Waals surface area contributed by atoms with Gasteiger partial charge >= 0.3 is 0 Å². The van der Waals surface area contributed by atoms with Crippen LogP contribution in [0.5, 0.6) is 11.5 Å². The largest absolute Gasteiger partial charge is 0.493 e. The van der Waals surface area contributed by atoms with Gasteiger partial charge in [-0.2, -0.15) is 5.26 Å². The second-order valence-corrected chi connectivity index (χ2v) is 8.70. The van der Waals surface area contributed by atoms with E-state index in [1.54, 1.807) is 24.3 Å². The van der Waals surface area contributed by atoms with Crippen LogP contribution < -0.4 is 14.8 Å². The van der Waals surface area contributed by atoms with Gasteiger partial charge in [0.15, 0.2) is 11.5 Å². The summed E-state index contributed by atoms with van der Waals surface area (Å²) >= 11 is 5.60. The number of non-ortho nitro benzene ring substituents is 1. The molecular weight excluding hydrogens is 496 g/mol. The van der Waals surface area contributed by atoms with E-state index in [9.17, 15) is 20.2 Å². The number of piperidine rings is 1. The predicted octanol–water partition coefficient (Wildman–Crippen LogP) is 4.00. The molecule has 37 heavy (non-hydrogen) atoms. The highest BCUT2D eigenvalue weighted by Gasteiger charge is 2.23. The molecule has 0 aliphatic carbocycles. The number of alkyl halides is 1. The topological polar surface area (TPSA) is 118 Å². The molecule has 3 rings (SSSR count). The van der Waals surface area contributed by atoms with Crippen molar-refractivity contribution in [3.63, 3.8) is 0 Å². The summed E-state index contributed by atoms with van der Waals surface area (Å²) in [5.41, 5.74) is 2.40. The van der Waals surface area contributed by atoms with E-state index in [1.807, 2.05) is 6.07 Å². The lowest BCUT2D eigenvalue weighted by molar-refractivity contribution is -0.384. The predicted molar refractivity (Wildman–Crippen MR) is 141 cm³/mol. The van der Waals surface area contributed by atoms with Crippen molar-refractivity contribution in [1.82, 2.24) is 10.2 Å². The van der Waals surface area contributed by atoms with E-state index in [2.05, 4.69) is 22.2 Å². The molecule has 0 atom stereocenters. The maximum Gasteiger partial charge on any atom is 0.269 e. The lowest BCUT2D eigenvalue weighted by atomic mass is 10.00. The zero-order valence-electron chi connectivity index (χ0n) is 20.4. The number of methoxy groups -OCH3 is 1. The van der Waals surface area contributed by atoms with Gasteiger partial charge in [-0.1, -0.05) is 5.92 Å². The summed E-state index contributed by atoms with van der Waals surface area (Å²) in [7, 11) is 1.53. The number of likely N-dealkylation sites (tertiary alicyclic amines) is 1. The molecule has 1 aliphatic rings. The number of hydrogen-bond acceptors (Lipinski definition) is 7. The number of terminal acetylenes is 1. The van der Waals surface area contributed by atoms with Gasteiger partial charge in [0.1, 0.15) is 12.5 Å². The zero-order chi connectivity index (χ0) is 26.8. The molecule has 1 saturated heterocycles. The second-order valence-electron chi connectivity index (χ2n) is 8.43. The highest BCUT2D eigenvalue weighted by atomic mass is 35.5. The molecule has 0 spiro atoms. The van der Waals surface area contributed by atoms with E-state index in [-0.39, 0.29) is 30.1 Å². The van der Waals surface area contributed by atoms with Crippen molar-refractivity contribution in [2.75, 3.05) is 32.7 Å². The first-order valence-corrected chi connectivity index (χ1v) is 12.1. The number of nitriles is 1. The molecule has 10 heteroatoms. The first-order valence-electron chi connectivity index (χ1n) is 11.6. The number of carbonyl (C=O) groups is 1. The van der Waals surface area contributed by atoms with E-state index in [0.717, 1.165) is 31.5 Å². The Morgan fingerprint density at radius 1 is 1.32 bits per heavy atom. The molecule has 1 fully saturated rings. The van der Waals surface area contributed by atoms with Crippen molar-refractivity contribution in [2.24, 2.45) is 0 Å². The van der Waals surface area contributed by atoms with Crippen molar-refractivity contribution in [3.05, 3.63) is 63.2 Å². The summed E-state index contributed by atoms with van der Waals surface area (Å²) in [6, 6.07) is 11.7. The average molecular weight is 523 g/mol. The van der Waals surface area contributed by atoms with Crippen LogP contribution >= 0.6 is 11.6 Å². The SMILES string of the molecule is C#CCOc1c(CN2CCC(NC(=O)CCl)CC2)cc(/C=C(\C#N)c2ccc([N+](=O)[O-])cc2)cc1OC. The van der Waals surface area contributed by atoms with Crippen LogP contribution in [0, 0.1) is 33.8 Å². The molecule has 0 saturated carbocycles. The number of carbonyl (C=O) groups excluding carboxylic acids is 1. The van der Waals surface area contributed by atoms with E-state index in [4.69, 9.17) is 27.5 Å². The van der Waals surface area contributed by atoms with E-state index in [0.29, 0.717) is 34.7 Å². The standard InChI is InChI=1S/C27H27ClN4O5/c1-3-12-37-27-22(18-31-10-8-23(9-11-31)30-26(33)16-28)14-19(15-25(27)36-2)13-21(17-29)20-4-6-24(7-5-20)32(34)35/h1,4-7,13-15,23H,8-12,16,18H2,2H3,(H,30,33)/b21-13+. The maximum absolute atomic E-state index is 11.6. The van der Waals surface area contributed by atoms with Crippen LogP contribution in [0.1, 0.15) is 29.5 Å². The number of ether oxygens (including phenoxy) is 2. The van der Waals surface area contributed by atoms with Crippen LogP contribution in [0.4, 0.5) is 5.69 Å². The molecular formula is C27H27ClN4O5. The number of benzene rings is 2. The molecule has 1 N–H and O–H groups in total. The second kappa shape index (κ2) is 13.3. The Morgan fingerprint density at radius 2 is 2.03 bits per heavy atom. The van der Waals surface area contributed by atoms with Gasteiger partial charge in [-0.05, 0) is 54.3 Å². The number of halogens is 1. The van der Waals surface area contributed by atoms with Crippen LogP contribution in [0.25, 0.3) is 11.6 Å². The minimum absolute atomic E-state index is 0.0500. The Morgan fingerprint density at radius 3 is 2.59 bits per heavy atom. The fourth-order valence-corrected chi connectivity index (χ4v) is 4.24. The Balaban J connectivity index is 1.89. The number of nitro groups is 1. The van der Waals surface area contributed by atoms with E-state index < -0.39 is 4.92 Å². The Hall–Kier alpha value is -4.05. The lowest BCUT2D eigenvalue weighted by Crippen LogP contribution is -2.44. The zero-order valence-corrected chi connectivity index (χ0v) is 21.2. The van der Waals surface area contributed by atoms with Gasteiger partial charge in [-0.15, -0.1) is 18.0 Å². The summed E-state index contributed by atoms with van der Waals surface area (Å²) in [4.78, 5) is 24.3. The number of amides is 1. The Labute approximate surface area is 220 Å². The summed E-state index contributed by atoms with van der Waals surface area (Å²) in [5, 5.41) is 23.7. The molecule has 1 aliphatic heterocycles. The highest BCUT2D eigenvalue weighted by Crippen LogP contribution is 2.35. The molecule has 1 amide bonds. The fourth-order valence-electron chi connectivity index (χ4n) is 4.17. The first-order chi connectivity index (χ1) is 17.9. The summed E-state index contributed by atoms with van der Waals surface area (Å²) in [5.74, 6) is 3.25. The lowest BCUT2D eigenvalue weighted by Gasteiger charge is -2.32. The third-order valence-electron chi connectivity index (χ3n) is 5.96. The van der Waals surface area contributed by atoms with Gasteiger partial charge < -0.3 is 14.8 Å². The van der Waals surface area contributed by atoms with Gasteiger partial charge in [0, 0.05) is 43.4 Å². The highest BCUT2D eigenvalue weighted by molar-refractivity contribution is 6.27. The molecule has 0 aromatic heterocycles. The summed E-state index contributed by atoms with van der Waals surface area (Å²) in [6.07, 6.45) is 8.70. The number of nitrogens with zero attached hydrogens (tertiary/aromatic N) is 3. The minimum atomic E-state index is -0.486. The van der Waals surface area contributed by atoms with Gasteiger partial charge in [0.05, 0.1) is 23.7 Å². The molecule has 192 valence electrons. The van der Waals surface area contributed by atoms with Crippen molar-refractivity contribution in [1.29, 1.82) is 5.26 Å². The van der Waals surface area contributed by atoms with Gasteiger partial charge in [-0.3, -0.25) is 19.8 Å². The fraction of sp³-hybridized carbons (Fsp3) is 0.333. The minimum Gasteiger partial charge on any atom is -0.493 e. The number of nitro benzene ring substituents is 1. The number of allylic oxidation sites excluding steroid dienone is 1. The number of rotatable bonds is 10. The summed E-state index contributed by atoms with van der Waals surface area (Å²) < 4.78 is 11.4. The monoisotopic (exact) mass is 522 g/mol. The Bertz CT molecular complexity index is 1240. The molecule has 1 heterocycles. The van der Waals surface area contributed by atoms with Crippen molar-refractivity contribution >= 4 is 34.8 Å². The van der Waals surface area contributed by atoms with Crippen LogP contribution in [-0.2, 0) is 11.3 Å². The molecule has 0 radical (unpaired) electrons. The van der Waals surface area contributed by atoms with E-state index >= 15 is 0 Å². The Kier molecular flexibility index (Phi) is 9.91. The van der Waals surface area contributed by atoms with Gasteiger partial charge in [0.2, 0.25) is 5.91 Å². The van der Waals surface area contributed by atoms with Crippen molar-refractivity contribution < 1.29 is 19.2 Å². The van der Waals surface area contributed by atoms with Crippen LogP contribution in [-0.4, -0.2) is 54.5 Å². The first kappa shape index (κ1) is 27.5. The normalized spacial score (nSPS) is 14.3. The average Bonchev–Trinajstić information content (AvgIpc) is 2.91. The number of hydrogen-bond donors (Lipinski definition) is 1. The molecule has 0 unspecified atom stereocenters. The van der Waals surface area contributed by atoms with Crippen molar-refractivity contribution in [3.8, 4) is 29.9 Å². The number of nitrogens with one attached hydrogen (secondary N) is 1. The van der Waals surface area contributed by atoms with Crippen LogP contribution in [0.3, 0.4) is 0 Å². The quantitative estimate of drug-likeness (QED) is 0.125. The third-order valence-corrected chi connectivity index (χ3v) is 6.21.